The highest BCUT2D eigenvalue weighted by Gasteiger charge is 2.38. The number of aromatic carboxylic acids is 1. The SMILES string of the molecule is O=C1CC(N2CCOc3c(C(=O)O)cccc32)C(=O)N1. The van der Waals surface area contributed by atoms with Crippen LogP contribution in [0.3, 0.4) is 0 Å². The zero-order valence-electron chi connectivity index (χ0n) is 10.5. The van der Waals surface area contributed by atoms with Crippen LogP contribution >= 0.6 is 0 Å². The van der Waals surface area contributed by atoms with E-state index >= 15 is 0 Å². The molecule has 1 unspecified atom stereocenters. The molecule has 1 aromatic rings. The number of carboxylic acids is 1. The number of anilines is 1. The fraction of sp³-hybridized carbons (Fsp3) is 0.308. The second-order valence-electron chi connectivity index (χ2n) is 4.63. The van der Waals surface area contributed by atoms with Crippen LogP contribution in [0.2, 0.25) is 0 Å². The maximum absolute atomic E-state index is 11.8. The topological polar surface area (TPSA) is 95.9 Å². The fourth-order valence-corrected chi connectivity index (χ4v) is 2.55. The maximum atomic E-state index is 11.8. The fourth-order valence-electron chi connectivity index (χ4n) is 2.55. The molecule has 7 heteroatoms. The Kier molecular flexibility index (Phi) is 2.81. The molecule has 0 radical (unpaired) electrons. The number of carbonyl (C=O) groups excluding carboxylic acids is 2. The zero-order valence-corrected chi connectivity index (χ0v) is 10.5. The number of benzene rings is 1. The van der Waals surface area contributed by atoms with Crippen LogP contribution in [0, 0.1) is 0 Å². The number of hydrogen-bond acceptors (Lipinski definition) is 5. The van der Waals surface area contributed by atoms with Crippen LogP contribution < -0.4 is 15.0 Å². The molecule has 2 aliphatic rings. The Balaban J connectivity index is 2.02. The number of hydrogen-bond donors (Lipinski definition) is 2. The number of carboxylic acid groups (broad SMARTS) is 1. The summed E-state index contributed by atoms with van der Waals surface area (Å²) in [7, 11) is 0. The van der Waals surface area contributed by atoms with Crippen molar-refractivity contribution in [2.24, 2.45) is 0 Å². The first kappa shape index (κ1) is 12.5. The number of amides is 2. The zero-order chi connectivity index (χ0) is 14.3. The van der Waals surface area contributed by atoms with Crippen molar-refractivity contribution in [2.45, 2.75) is 12.5 Å². The van der Waals surface area contributed by atoms with Crippen molar-refractivity contribution >= 4 is 23.5 Å². The van der Waals surface area contributed by atoms with E-state index in [1.165, 1.54) is 6.07 Å². The molecule has 2 amide bonds. The normalized spacial score (nSPS) is 21.2. The Bertz CT molecular complexity index is 613. The summed E-state index contributed by atoms with van der Waals surface area (Å²) in [5.74, 6) is -1.51. The van der Waals surface area contributed by atoms with E-state index in [9.17, 15) is 14.4 Å². The van der Waals surface area contributed by atoms with Gasteiger partial charge in [0.1, 0.15) is 18.2 Å². The van der Waals surface area contributed by atoms with E-state index in [4.69, 9.17) is 9.84 Å². The highest BCUT2D eigenvalue weighted by atomic mass is 16.5. The van der Waals surface area contributed by atoms with Gasteiger partial charge in [-0.25, -0.2) is 4.79 Å². The first-order chi connectivity index (χ1) is 9.58. The van der Waals surface area contributed by atoms with Crippen molar-refractivity contribution in [1.82, 2.24) is 5.32 Å². The molecule has 0 aliphatic carbocycles. The van der Waals surface area contributed by atoms with Gasteiger partial charge in [-0.2, -0.15) is 0 Å². The highest BCUT2D eigenvalue weighted by molar-refractivity contribution is 6.07. The van der Waals surface area contributed by atoms with Crippen molar-refractivity contribution in [2.75, 3.05) is 18.1 Å². The van der Waals surface area contributed by atoms with Crippen LogP contribution in [0.1, 0.15) is 16.8 Å². The van der Waals surface area contributed by atoms with Crippen molar-refractivity contribution in [3.05, 3.63) is 23.8 Å². The van der Waals surface area contributed by atoms with Crippen molar-refractivity contribution in [1.29, 1.82) is 0 Å². The number of nitrogens with one attached hydrogen (secondary N) is 1. The Labute approximate surface area is 114 Å². The van der Waals surface area contributed by atoms with E-state index < -0.39 is 12.0 Å². The lowest BCUT2D eigenvalue weighted by atomic mass is 10.1. The maximum Gasteiger partial charge on any atom is 0.339 e. The lowest BCUT2D eigenvalue weighted by molar-refractivity contribution is -0.125. The molecule has 3 rings (SSSR count). The third-order valence-corrected chi connectivity index (χ3v) is 3.43. The van der Waals surface area contributed by atoms with E-state index in [-0.39, 0.29) is 36.2 Å². The molecule has 0 bridgehead atoms. The van der Waals surface area contributed by atoms with E-state index in [2.05, 4.69) is 5.32 Å². The number of para-hydroxylation sites is 1. The van der Waals surface area contributed by atoms with Gasteiger partial charge in [-0.1, -0.05) is 6.07 Å². The summed E-state index contributed by atoms with van der Waals surface area (Å²) in [4.78, 5) is 36.0. The summed E-state index contributed by atoms with van der Waals surface area (Å²) < 4.78 is 5.43. The van der Waals surface area contributed by atoms with Crippen LogP contribution in [-0.2, 0) is 9.59 Å². The van der Waals surface area contributed by atoms with Gasteiger partial charge >= 0.3 is 5.97 Å². The summed E-state index contributed by atoms with van der Waals surface area (Å²) in [6.45, 7) is 0.705. The summed E-state index contributed by atoms with van der Waals surface area (Å²) >= 11 is 0. The molecule has 0 spiro atoms. The second kappa shape index (κ2) is 4.52. The molecule has 0 aromatic heterocycles. The third-order valence-electron chi connectivity index (χ3n) is 3.43. The van der Waals surface area contributed by atoms with Gasteiger partial charge in [0.05, 0.1) is 18.7 Å². The molecule has 104 valence electrons. The minimum absolute atomic E-state index is 0.0527. The standard InChI is InChI=1S/C13H12N2O5/c16-10-6-9(12(17)14-10)15-4-5-20-11-7(13(18)19)2-1-3-8(11)15/h1-3,9H,4-6H2,(H,18,19)(H,14,16,17). The van der Waals surface area contributed by atoms with Crippen molar-refractivity contribution in [3.63, 3.8) is 0 Å². The summed E-state index contributed by atoms with van der Waals surface area (Å²) in [6.07, 6.45) is 0.0789. The van der Waals surface area contributed by atoms with Crippen LogP contribution in [0.5, 0.6) is 5.75 Å². The summed E-state index contributed by atoms with van der Waals surface area (Å²) in [5.41, 5.74) is 0.586. The minimum Gasteiger partial charge on any atom is -0.489 e. The lowest BCUT2D eigenvalue weighted by Gasteiger charge is -2.34. The number of carbonyl (C=O) groups is 3. The molecule has 7 nitrogen and oxygen atoms in total. The molecular formula is C13H12N2O5. The van der Waals surface area contributed by atoms with Gasteiger partial charge in [0.25, 0.3) is 0 Å². The summed E-state index contributed by atoms with van der Waals surface area (Å²) in [6, 6.07) is 4.13. The average molecular weight is 276 g/mol. The quantitative estimate of drug-likeness (QED) is 0.738. The molecule has 0 saturated carbocycles. The predicted molar refractivity (Wildman–Crippen MR) is 67.8 cm³/mol. The van der Waals surface area contributed by atoms with Gasteiger partial charge in [-0.15, -0.1) is 0 Å². The van der Waals surface area contributed by atoms with Gasteiger partial charge in [0.15, 0.2) is 5.75 Å². The Morgan fingerprint density at radius 2 is 2.20 bits per heavy atom. The molecule has 1 fully saturated rings. The lowest BCUT2D eigenvalue weighted by Crippen LogP contribution is -2.45. The van der Waals surface area contributed by atoms with Gasteiger partial charge in [0, 0.05) is 0 Å². The third kappa shape index (κ3) is 1.87. The highest BCUT2D eigenvalue weighted by Crippen LogP contribution is 2.37. The Morgan fingerprint density at radius 3 is 2.85 bits per heavy atom. The monoisotopic (exact) mass is 276 g/mol. The van der Waals surface area contributed by atoms with Gasteiger partial charge in [0.2, 0.25) is 11.8 Å². The average Bonchev–Trinajstić information content (AvgIpc) is 2.76. The first-order valence-electron chi connectivity index (χ1n) is 6.17. The summed E-state index contributed by atoms with van der Waals surface area (Å²) in [5, 5.41) is 11.4. The van der Waals surface area contributed by atoms with Crippen LogP contribution in [0.25, 0.3) is 0 Å². The Morgan fingerprint density at radius 1 is 1.40 bits per heavy atom. The van der Waals surface area contributed by atoms with E-state index in [0.29, 0.717) is 12.2 Å². The minimum atomic E-state index is -1.09. The molecule has 20 heavy (non-hydrogen) atoms. The molecule has 1 aromatic carbocycles. The first-order valence-corrected chi connectivity index (χ1v) is 6.17. The second-order valence-corrected chi connectivity index (χ2v) is 4.63. The number of nitrogens with zero attached hydrogens (tertiary/aromatic N) is 1. The van der Waals surface area contributed by atoms with Crippen molar-refractivity contribution in [3.8, 4) is 5.75 Å². The number of imide groups is 1. The largest absolute Gasteiger partial charge is 0.489 e. The van der Waals surface area contributed by atoms with Crippen molar-refractivity contribution < 1.29 is 24.2 Å². The van der Waals surface area contributed by atoms with Gasteiger partial charge in [-0.3, -0.25) is 14.9 Å². The molecule has 2 N–H and O–H groups in total. The van der Waals surface area contributed by atoms with Crippen LogP contribution in [-0.4, -0.2) is 42.1 Å². The van der Waals surface area contributed by atoms with Gasteiger partial charge in [-0.05, 0) is 12.1 Å². The Hall–Kier alpha value is -2.57. The number of fused-ring (bicyclic) bond motifs is 1. The van der Waals surface area contributed by atoms with Gasteiger partial charge < -0.3 is 14.7 Å². The smallest absolute Gasteiger partial charge is 0.339 e. The number of rotatable bonds is 2. The molecule has 1 saturated heterocycles. The molecule has 1 atom stereocenters. The van der Waals surface area contributed by atoms with Crippen LogP contribution in [0.4, 0.5) is 5.69 Å². The molecule has 2 aliphatic heterocycles. The number of ether oxygens (including phenoxy) is 1. The predicted octanol–water partition coefficient (Wildman–Crippen LogP) is -0.00130. The van der Waals surface area contributed by atoms with E-state index in [1.54, 1.807) is 17.0 Å². The van der Waals surface area contributed by atoms with E-state index in [1.807, 2.05) is 0 Å². The van der Waals surface area contributed by atoms with E-state index in [0.717, 1.165) is 0 Å². The van der Waals surface area contributed by atoms with Crippen LogP contribution in [0.15, 0.2) is 18.2 Å². The molecule has 2 heterocycles. The molecular weight excluding hydrogens is 264 g/mol.